The average Bonchev–Trinajstić information content (AvgIpc) is 2.41. The van der Waals surface area contributed by atoms with Crippen LogP contribution in [0.3, 0.4) is 0 Å². The predicted octanol–water partition coefficient (Wildman–Crippen LogP) is 2.82. The molecule has 1 aromatic carbocycles. The van der Waals surface area contributed by atoms with Crippen molar-refractivity contribution in [3.63, 3.8) is 0 Å². The lowest BCUT2D eigenvalue weighted by atomic mass is 10.2. The Morgan fingerprint density at radius 2 is 1.78 bits per heavy atom. The Bertz CT molecular complexity index is 540. The summed E-state index contributed by atoms with van der Waals surface area (Å²) in [7, 11) is 1.34. The van der Waals surface area contributed by atoms with Crippen molar-refractivity contribution in [3.05, 3.63) is 46.7 Å². The Hall–Kier alpha value is -1.95. The van der Waals surface area contributed by atoms with E-state index in [4.69, 9.17) is 4.74 Å². The maximum absolute atomic E-state index is 11.2. The molecule has 2 rings (SSSR count). The van der Waals surface area contributed by atoms with Crippen molar-refractivity contribution in [2.24, 2.45) is 0 Å². The van der Waals surface area contributed by atoms with E-state index in [1.807, 2.05) is 0 Å². The minimum Gasteiger partial charge on any atom is -0.465 e. The quantitative estimate of drug-likeness (QED) is 0.816. The van der Waals surface area contributed by atoms with Gasteiger partial charge in [0, 0.05) is 12.4 Å². The third kappa shape index (κ3) is 3.04. The van der Waals surface area contributed by atoms with E-state index in [2.05, 4.69) is 30.6 Å². The number of methoxy groups -OCH3 is 1. The molecule has 0 saturated heterocycles. The molecule has 0 unspecified atom stereocenters. The Morgan fingerprint density at radius 1 is 1.17 bits per heavy atom. The van der Waals surface area contributed by atoms with Gasteiger partial charge in [0.2, 0.25) is 0 Å². The van der Waals surface area contributed by atoms with Crippen molar-refractivity contribution in [1.82, 2.24) is 9.97 Å². The Labute approximate surface area is 112 Å². The smallest absolute Gasteiger partial charge is 0.337 e. The highest BCUT2D eigenvalue weighted by molar-refractivity contribution is 9.10. The van der Waals surface area contributed by atoms with Crippen LogP contribution in [0.2, 0.25) is 0 Å². The van der Waals surface area contributed by atoms with Crippen molar-refractivity contribution in [1.29, 1.82) is 0 Å². The van der Waals surface area contributed by atoms with Crippen LogP contribution < -0.4 is 4.74 Å². The van der Waals surface area contributed by atoms with E-state index in [1.165, 1.54) is 7.11 Å². The number of aromatic nitrogens is 2. The van der Waals surface area contributed by atoms with E-state index in [-0.39, 0.29) is 12.0 Å². The third-order valence-corrected chi connectivity index (χ3v) is 2.49. The summed E-state index contributed by atoms with van der Waals surface area (Å²) in [6, 6.07) is 6.76. The predicted molar refractivity (Wildman–Crippen MR) is 67.6 cm³/mol. The van der Waals surface area contributed by atoms with Crippen LogP contribution in [-0.4, -0.2) is 23.0 Å². The number of hydrogen-bond donors (Lipinski definition) is 0. The maximum atomic E-state index is 11.2. The number of halogens is 1. The van der Waals surface area contributed by atoms with Gasteiger partial charge in [-0.05, 0) is 40.2 Å². The fourth-order valence-electron chi connectivity index (χ4n) is 1.24. The molecule has 5 nitrogen and oxygen atoms in total. The number of nitrogens with zero attached hydrogens (tertiary/aromatic N) is 2. The van der Waals surface area contributed by atoms with Crippen LogP contribution in [0.15, 0.2) is 41.1 Å². The van der Waals surface area contributed by atoms with Crippen LogP contribution in [0, 0.1) is 0 Å². The van der Waals surface area contributed by atoms with Gasteiger partial charge >= 0.3 is 12.0 Å². The molecule has 0 radical (unpaired) electrons. The molecular weight excluding hydrogens is 300 g/mol. The summed E-state index contributed by atoms with van der Waals surface area (Å²) in [5.41, 5.74) is 0.460. The monoisotopic (exact) mass is 308 g/mol. The molecule has 0 spiro atoms. The van der Waals surface area contributed by atoms with Crippen molar-refractivity contribution in [2.45, 2.75) is 0 Å². The van der Waals surface area contributed by atoms with Gasteiger partial charge in [0.15, 0.2) is 0 Å². The second-order valence-electron chi connectivity index (χ2n) is 3.30. The minimum atomic E-state index is -0.388. The lowest BCUT2D eigenvalue weighted by Gasteiger charge is -2.04. The fraction of sp³-hybridized carbons (Fsp3) is 0.0833. The van der Waals surface area contributed by atoms with Gasteiger partial charge in [-0.3, -0.25) is 0 Å². The van der Waals surface area contributed by atoms with E-state index < -0.39 is 0 Å². The van der Waals surface area contributed by atoms with E-state index in [9.17, 15) is 4.79 Å². The summed E-state index contributed by atoms with van der Waals surface area (Å²) >= 11 is 3.23. The van der Waals surface area contributed by atoms with Gasteiger partial charge in [-0.2, -0.15) is 0 Å². The first-order valence-corrected chi connectivity index (χ1v) is 5.82. The van der Waals surface area contributed by atoms with Crippen LogP contribution in [-0.2, 0) is 4.74 Å². The summed E-state index contributed by atoms with van der Waals surface area (Å²) in [6.07, 6.45) is 3.18. The average molecular weight is 309 g/mol. The highest BCUT2D eigenvalue weighted by atomic mass is 79.9. The Balaban J connectivity index is 2.10. The molecule has 0 bridgehead atoms. The van der Waals surface area contributed by atoms with Crippen LogP contribution in [0.5, 0.6) is 11.8 Å². The number of carbonyl (C=O) groups excluding carboxylic acids is 1. The van der Waals surface area contributed by atoms with Crippen molar-refractivity contribution in [3.8, 4) is 11.8 Å². The van der Waals surface area contributed by atoms with E-state index in [0.717, 1.165) is 4.47 Å². The zero-order valence-corrected chi connectivity index (χ0v) is 11.0. The van der Waals surface area contributed by atoms with Crippen LogP contribution in [0.1, 0.15) is 10.4 Å². The Morgan fingerprint density at radius 3 is 2.33 bits per heavy atom. The number of hydrogen-bond acceptors (Lipinski definition) is 5. The molecule has 6 heteroatoms. The van der Waals surface area contributed by atoms with Crippen molar-refractivity contribution in [2.75, 3.05) is 7.11 Å². The summed E-state index contributed by atoms with van der Waals surface area (Å²) < 4.78 is 10.8. The number of benzene rings is 1. The Kier molecular flexibility index (Phi) is 3.88. The molecule has 0 saturated carbocycles. The molecule has 0 amide bonds. The topological polar surface area (TPSA) is 61.3 Å². The lowest BCUT2D eigenvalue weighted by molar-refractivity contribution is 0.0600. The highest BCUT2D eigenvalue weighted by Crippen LogP contribution is 2.19. The fourth-order valence-corrected chi connectivity index (χ4v) is 1.44. The van der Waals surface area contributed by atoms with Gasteiger partial charge < -0.3 is 9.47 Å². The molecule has 0 fully saturated rings. The number of ether oxygens (including phenoxy) is 2. The zero-order chi connectivity index (χ0) is 13.0. The van der Waals surface area contributed by atoms with E-state index in [0.29, 0.717) is 11.3 Å². The molecule has 2 aromatic rings. The molecule has 1 aromatic heterocycles. The summed E-state index contributed by atoms with van der Waals surface area (Å²) in [4.78, 5) is 19.2. The molecule has 92 valence electrons. The number of carbonyl (C=O) groups is 1. The second kappa shape index (κ2) is 5.59. The summed E-state index contributed by atoms with van der Waals surface area (Å²) in [5.74, 6) is 0.159. The van der Waals surface area contributed by atoms with Gasteiger partial charge in [-0.25, -0.2) is 14.8 Å². The molecule has 1 heterocycles. The first-order valence-electron chi connectivity index (χ1n) is 5.03. The zero-order valence-electron chi connectivity index (χ0n) is 9.46. The normalized spacial score (nSPS) is 9.89. The molecule has 0 atom stereocenters. The number of rotatable bonds is 3. The third-order valence-electron chi connectivity index (χ3n) is 2.08. The van der Waals surface area contributed by atoms with Gasteiger partial charge in [-0.1, -0.05) is 0 Å². The summed E-state index contributed by atoms with van der Waals surface area (Å²) in [6.45, 7) is 0. The lowest BCUT2D eigenvalue weighted by Crippen LogP contribution is -2.00. The molecule has 0 aliphatic carbocycles. The first-order chi connectivity index (χ1) is 8.69. The largest absolute Gasteiger partial charge is 0.465 e. The second-order valence-corrected chi connectivity index (χ2v) is 4.22. The molecular formula is C12H9BrN2O3. The van der Waals surface area contributed by atoms with E-state index in [1.54, 1.807) is 36.7 Å². The minimum absolute atomic E-state index is 0.240. The number of esters is 1. The molecule has 0 aliphatic heterocycles. The van der Waals surface area contributed by atoms with Gasteiger partial charge in [0.1, 0.15) is 5.75 Å². The summed E-state index contributed by atoms with van der Waals surface area (Å²) in [5, 5.41) is 0. The molecule has 0 N–H and O–H groups in total. The first kappa shape index (κ1) is 12.5. The van der Waals surface area contributed by atoms with Crippen LogP contribution >= 0.6 is 15.9 Å². The van der Waals surface area contributed by atoms with Crippen LogP contribution in [0.25, 0.3) is 0 Å². The highest BCUT2D eigenvalue weighted by Gasteiger charge is 2.05. The molecule has 18 heavy (non-hydrogen) atoms. The van der Waals surface area contributed by atoms with Gasteiger partial charge in [0.05, 0.1) is 17.1 Å². The standard InChI is InChI=1S/C12H9BrN2O3/c1-17-11(16)8-2-4-10(5-3-8)18-12-14-6-9(13)7-15-12/h2-7H,1H3. The van der Waals surface area contributed by atoms with E-state index >= 15 is 0 Å². The molecule has 0 aliphatic rings. The van der Waals surface area contributed by atoms with Gasteiger partial charge in [-0.15, -0.1) is 0 Å². The SMILES string of the molecule is COC(=O)c1ccc(Oc2ncc(Br)cn2)cc1. The van der Waals surface area contributed by atoms with Crippen molar-refractivity contribution < 1.29 is 14.3 Å². The van der Waals surface area contributed by atoms with Crippen molar-refractivity contribution >= 4 is 21.9 Å². The van der Waals surface area contributed by atoms with Crippen LogP contribution in [0.4, 0.5) is 0 Å². The maximum Gasteiger partial charge on any atom is 0.337 e. The van der Waals surface area contributed by atoms with Gasteiger partial charge in [0.25, 0.3) is 0 Å².